The standard InChI is InChI=1S/C20H24N4O3/c1-13-9-16(5-6-17(13)23-26)22-18-10-15-12-24(8-7-14(15)11-21-18)19(25)27-20(2,3)4/h5-6,9-11H,7-8,12H2,1-4H3,(H,21,22). The van der Waals surface area contributed by atoms with Gasteiger partial charge < -0.3 is 15.0 Å². The van der Waals surface area contributed by atoms with Gasteiger partial charge in [-0.3, -0.25) is 0 Å². The summed E-state index contributed by atoms with van der Waals surface area (Å²) in [5, 5.41) is 6.22. The number of nitroso groups, excluding NO2 is 1. The molecule has 1 amide bonds. The van der Waals surface area contributed by atoms with Crippen molar-refractivity contribution in [3.8, 4) is 0 Å². The monoisotopic (exact) mass is 368 g/mol. The van der Waals surface area contributed by atoms with Crippen molar-refractivity contribution in [3.05, 3.63) is 52.1 Å². The fraction of sp³-hybridized carbons (Fsp3) is 0.400. The van der Waals surface area contributed by atoms with Crippen molar-refractivity contribution < 1.29 is 9.53 Å². The highest BCUT2D eigenvalue weighted by molar-refractivity contribution is 5.69. The van der Waals surface area contributed by atoms with Gasteiger partial charge in [0.15, 0.2) is 0 Å². The molecule has 0 spiro atoms. The van der Waals surface area contributed by atoms with Crippen molar-refractivity contribution in [2.75, 3.05) is 11.9 Å². The normalized spacial score (nSPS) is 13.7. The number of hydrogen-bond donors (Lipinski definition) is 1. The molecule has 1 aromatic heterocycles. The van der Waals surface area contributed by atoms with E-state index in [0.29, 0.717) is 24.6 Å². The molecule has 0 radical (unpaired) electrons. The predicted molar refractivity (Wildman–Crippen MR) is 105 cm³/mol. The molecule has 2 heterocycles. The predicted octanol–water partition coefficient (Wildman–Crippen LogP) is 4.82. The number of aryl methyl sites for hydroxylation is 1. The quantitative estimate of drug-likeness (QED) is 0.785. The zero-order valence-electron chi connectivity index (χ0n) is 16.1. The number of carbonyl (C=O) groups excluding carboxylic acids is 1. The lowest BCUT2D eigenvalue weighted by Crippen LogP contribution is -2.39. The van der Waals surface area contributed by atoms with E-state index in [2.05, 4.69) is 15.5 Å². The average molecular weight is 368 g/mol. The lowest BCUT2D eigenvalue weighted by molar-refractivity contribution is 0.0224. The van der Waals surface area contributed by atoms with Crippen molar-refractivity contribution in [1.29, 1.82) is 0 Å². The second-order valence-corrected chi connectivity index (χ2v) is 7.71. The van der Waals surface area contributed by atoms with Gasteiger partial charge in [0, 0.05) is 25.0 Å². The summed E-state index contributed by atoms with van der Waals surface area (Å²) in [5.74, 6) is 0.686. The summed E-state index contributed by atoms with van der Waals surface area (Å²) in [6, 6.07) is 7.27. The molecule has 0 aliphatic carbocycles. The van der Waals surface area contributed by atoms with Crippen LogP contribution in [0.25, 0.3) is 0 Å². The Morgan fingerprint density at radius 1 is 1.26 bits per heavy atom. The molecule has 142 valence electrons. The number of amides is 1. The van der Waals surface area contributed by atoms with E-state index in [1.54, 1.807) is 17.0 Å². The molecule has 0 bridgehead atoms. The summed E-state index contributed by atoms with van der Waals surface area (Å²) in [4.78, 5) is 29.2. The summed E-state index contributed by atoms with van der Waals surface area (Å²) >= 11 is 0. The third kappa shape index (κ3) is 4.61. The van der Waals surface area contributed by atoms with Crippen LogP contribution in [-0.2, 0) is 17.7 Å². The summed E-state index contributed by atoms with van der Waals surface area (Å²) in [5.41, 5.74) is 3.72. The van der Waals surface area contributed by atoms with E-state index in [4.69, 9.17) is 4.74 Å². The topological polar surface area (TPSA) is 83.9 Å². The summed E-state index contributed by atoms with van der Waals surface area (Å²) < 4.78 is 5.47. The van der Waals surface area contributed by atoms with Gasteiger partial charge in [-0.25, -0.2) is 9.78 Å². The molecule has 0 saturated carbocycles. The Morgan fingerprint density at radius 3 is 2.70 bits per heavy atom. The van der Waals surface area contributed by atoms with Gasteiger partial charge in [-0.2, -0.15) is 0 Å². The van der Waals surface area contributed by atoms with Crippen LogP contribution < -0.4 is 5.32 Å². The van der Waals surface area contributed by atoms with Crippen LogP contribution in [0.5, 0.6) is 0 Å². The lowest BCUT2D eigenvalue weighted by atomic mass is 10.0. The molecular formula is C20H24N4O3. The fourth-order valence-electron chi connectivity index (χ4n) is 2.97. The minimum atomic E-state index is -0.511. The number of nitrogens with zero attached hydrogens (tertiary/aromatic N) is 3. The molecule has 0 fully saturated rings. The molecule has 0 atom stereocenters. The van der Waals surface area contributed by atoms with E-state index in [1.165, 1.54) is 0 Å². The SMILES string of the molecule is Cc1cc(Nc2cc3c(cn2)CCN(C(=O)OC(C)(C)C)C3)ccc1N=O. The van der Waals surface area contributed by atoms with Gasteiger partial charge in [0.1, 0.15) is 17.1 Å². The molecule has 1 aliphatic heterocycles. The van der Waals surface area contributed by atoms with Crippen LogP contribution in [0.2, 0.25) is 0 Å². The molecule has 7 heteroatoms. The Labute approximate surface area is 158 Å². The third-order valence-corrected chi connectivity index (χ3v) is 4.31. The Bertz CT molecular complexity index is 874. The molecule has 7 nitrogen and oxygen atoms in total. The van der Waals surface area contributed by atoms with E-state index < -0.39 is 5.60 Å². The zero-order valence-corrected chi connectivity index (χ0v) is 16.1. The number of anilines is 2. The van der Waals surface area contributed by atoms with E-state index in [9.17, 15) is 9.70 Å². The molecule has 0 unspecified atom stereocenters. The van der Waals surface area contributed by atoms with Gasteiger partial charge in [-0.1, -0.05) is 0 Å². The van der Waals surface area contributed by atoms with Crippen molar-refractivity contribution in [1.82, 2.24) is 9.88 Å². The largest absolute Gasteiger partial charge is 0.444 e. The number of benzene rings is 1. The van der Waals surface area contributed by atoms with E-state index in [0.717, 1.165) is 28.8 Å². The van der Waals surface area contributed by atoms with Crippen LogP contribution in [0.1, 0.15) is 37.5 Å². The van der Waals surface area contributed by atoms with Crippen LogP contribution in [0.3, 0.4) is 0 Å². The van der Waals surface area contributed by atoms with Gasteiger partial charge in [-0.05, 0) is 80.2 Å². The molecule has 0 saturated heterocycles. The lowest BCUT2D eigenvalue weighted by Gasteiger charge is -2.31. The first-order valence-corrected chi connectivity index (χ1v) is 8.92. The van der Waals surface area contributed by atoms with Gasteiger partial charge in [-0.15, -0.1) is 4.91 Å². The maximum atomic E-state index is 12.3. The summed E-state index contributed by atoms with van der Waals surface area (Å²) in [6.45, 7) is 8.54. The van der Waals surface area contributed by atoms with Gasteiger partial charge in [0.2, 0.25) is 0 Å². The van der Waals surface area contributed by atoms with Crippen molar-refractivity contribution in [3.63, 3.8) is 0 Å². The van der Waals surface area contributed by atoms with E-state index in [1.807, 2.05) is 46.0 Å². The molecule has 2 aromatic rings. The number of fused-ring (bicyclic) bond motifs is 1. The molecular weight excluding hydrogens is 344 g/mol. The van der Waals surface area contributed by atoms with Crippen molar-refractivity contribution in [2.24, 2.45) is 5.18 Å². The Hall–Kier alpha value is -2.96. The number of pyridine rings is 1. The molecule has 3 rings (SSSR count). The highest BCUT2D eigenvalue weighted by Crippen LogP contribution is 2.26. The Kier molecular flexibility index (Phi) is 5.12. The number of hydrogen-bond acceptors (Lipinski definition) is 6. The van der Waals surface area contributed by atoms with Crippen LogP contribution in [-0.4, -0.2) is 28.1 Å². The highest BCUT2D eigenvalue weighted by atomic mass is 16.6. The molecule has 1 aromatic carbocycles. The maximum Gasteiger partial charge on any atom is 0.410 e. The number of ether oxygens (including phenoxy) is 1. The molecule has 1 N–H and O–H groups in total. The van der Waals surface area contributed by atoms with Gasteiger partial charge in [0.05, 0.1) is 0 Å². The second kappa shape index (κ2) is 7.34. The third-order valence-electron chi connectivity index (χ3n) is 4.31. The second-order valence-electron chi connectivity index (χ2n) is 7.71. The number of nitrogens with one attached hydrogen (secondary N) is 1. The summed E-state index contributed by atoms with van der Waals surface area (Å²) in [6.07, 6.45) is 2.30. The van der Waals surface area contributed by atoms with Crippen molar-refractivity contribution >= 4 is 23.3 Å². The highest BCUT2D eigenvalue weighted by Gasteiger charge is 2.26. The van der Waals surface area contributed by atoms with Crippen LogP contribution >= 0.6 is 0 Å². The van der Waals surface area contributed by atoms with Crippen LogP contribution in [0.4, 0.5) is 22.0 Å². The van der Waals surface area contributed by atoms with Crippen LogP contribution in [0.15, 0.2) is 35.6 Å². The minimum Gasteiger partial charge on any atom is -0.444 e. The minimum absolute atomic E-state index is 0.299. The maximum absolute atomic E-state index is 12.3. The molecule has 27 heavy (non-hydrogen) atoms. The zero-order chi connectivity index (χ0) is 19.6. The van der Waals surface area contributed by atoms with Gasteiger partial charge >= 0.3 is 6.09 Å². The first-order chi connectivity index (χ1) is 12.7. The first-order valence-electron chi connectivity index (χ1n) is 8.92. The van der Waals surface area contributed by atoms with Crippen LogP contribution in [0, 0.1) is 11.8 Å². The van der Waals surface area contributed by atoms with Crippen molar-refractivity contribution in [2.45, 2.75) is 46.3 Å². The number of aromatic nitrogens is 1. The summed E-state index contributed by atoms with van der Waals surface area (Å²) in [7, 11) is 0. The average Bonchev–Trinajstić information content (AvgIpc) is 2.60. The number of carbonyl (C=O) groups is 1. The van der Waals surface area contributed by atoms with Gasteiger partial charge in [0.25, 0.3) is 0 Å². The molecule has 1 aliphatic rings. The Morgan fingerprint density at radius 2 is 2.04 bits per heavy atom. The smallest absolute Gasteiger partial charge is 0.410 e. The van der Waals surface area contributed by atoms with E-state index >= 15 is 0 Å². The first kappa shape index (κ1) is 18.8. The fourth-order valence-corrected chi connectivity index (χ4v) is 2.97. The Balaban J connectivity index is 1.75. The number of rotatable bonds is 3. The van der Waals surface area contributed by atoms with E-state index in [-0.39, 0.29) is 6.09 Å².